The molecule has 0 aliphatic carbocycles. The third kappa shape index (κ3) is 24.7. The lowest BCUT2D eigenvalue weighted by Gasteiger charge is -2.35. The lowest BCUT2D eigenvalue weighted by atomic mass is 10.0. The van der Waals surface area contributed by atoms with Gasteiger partial charge in [-0.25, -0.2) is 19.2 Å². The van der Waals surface area contributed by atoms with E-state index in [0.29, 0.717) is 50.2 Å². The lowest BCUT2D eigenvalue weighted by Crippen LogP contribution is -2.47. The van der Waals surface area contributed by atoms with Gasteiger partial charge in [-0.2, -0.15) is 0 Å². The first-order valence-electron chi connectivity index (χ1n) is 18.8. The number of hydrogen-bond donors (Lipinski definition) is 2. The number of alkyl carbamates (subject to hydrolysis) is 2. The molecule has 0 saturated heterocycles. The summed E-state index contributed by atoms with van der Waals surface area (Å²) in [6, 6.07) is 0. The van der Waals surface area contributed by atoms with Gasteiger partial charge in [0.2, 0.25) is 18.6 Å². The average molecular weight is 753 g/mol. The summed E-state index contributed by atoms with van der Waals surface area (Å²) in [5, 5.41) is 5.25. The summed E-state index contributed by atoms with van der Waals surface area (Å²) in [6.07, 6.45) is 7.75. The Morgan fingerprint density at radius 2 is 0.830 bits per heavy atom. The van der Waals surface area contributed by atoms with Gasteiger partial charge in [0.15, 0.2) is 0 Å². The third-order valence-electron chi connectivity index (χ3n) is 8.07. The first kappa shape index (κ1) is 48.9. The smallest absolute Gasteiger partial charge is 0.410 e. The number of unbranched alkanes of at least 4 members (excludes halogenated alkanes) is 8. The molecule has 0 aliphatic heterocycles. The first-order valence-corrected chi connectivity index (χ1v) is 18.8. The van der Waals surface area contributed by atoms with Gasteiger partial charge >= 0.3 is 24.1 Å². The average Bonchev–Trinajstić information content (AvgIpc) is 3.05. The Labute approximate surface area is 317 Å². The molecule has 0 aromatic rings. The minimum atomic E-state index is -0.671. The van der Waals surface area contributed by atoms with Crippen molar-refractivity contribution in [2.75, 3.05) is 46.2 Å². The van der Waals surface area contributed by atoms with E-state index in [0.717, 1.165) is 64.2 Å². The van der Waals surface area contributed by atoms with Crippen LogP contribution in [0.5, 0.6) is 0 Å². The molecule has 0 aliphatic rings. The molecule has 0 saturated carbocycles. The van der Waals surface area contributed by atoms with Crippen LogP contribution in [0.1, 0.15) is 132 Å². The minimum absolute atomic E-state index is 0.0183. The topological polar surface area (TPSA) is 170 Å². The second kappa shape index (κ2) is 26.6. The first-order chi connectivity index (χ1) is 24.8. The van der Waals surface area contributed by atoms with E-state index in [1.807, 2.05) is 41.5 Å². The normalized spacial score (nSPS) is 11.2. The van der Waals surface area contributed by atoms with Crippen molar-refractivity contribution in [3.8, 4) is 0 Å². The molecule has 53 heavy (non-hydrogen) atoms. The minimum Gasteiger partial charge on any atom is -0.460 e. The van der Waals surface area contributed by atoms with Gasteiger partial charge in [0, 0.05) is 48.2 Å². The summed E-state index contributed by atoms with van der Waals surface area (Å²) in [7, 11) is 0. The molecule has 0 unspecified atom stereocenters. The molecule has 0 bridgehead atoms. The molecular formula is C39H68N4O10. The van der Waals surface area contributed by atoms with Crippen molar-refractivity contribution in [2.24, 2.45) is 0 Å². The highest BCUT2D eigenvalue weighted by Gasteiger charge is 2.27. The molecular weight excluding hydrogens is 684 g/mol. The number of carbonyl (C=O) groups is 6. The summed E-state index contributed by atoms with van der Waals surface area (Å²) in [4.78, 5) is 76.0. The number of rotatable bonds is 26. The fourth-order valence-electron chi connectivity index (χ4n) is 5.13. The van der Waals surface area contributed by atoms with Gasteiger partial charge in [0.1, 0.15) is 13.2 Å². The Morgan fingerprint density at radius 3 is 1.15 bits per heavy atom. The highest BCUT2D eigenvalue weighted by molar-refractivity contribution is 5.87. The Balaban J connectivity index is 3.93. The molecule has 0 atom stereocenters. The third-order valence-corrected chi connectivity index (χ3v) is 8.07. The van der Waals surface area contributed by atoms with Crippen LogP contribution in [0.2, 0.25) is 0 Å². The second-order valence-electron chi connectivity index (χ2n) is 15.1. The van der Waals surface area contributed by atoms with E-state index in [9.17, 15) is 28.8 Å². The van der Waals surface area contributed by atoms with Gasteiger partial charge in [-0.05, 0) is 81.1 Å². The van der Waals surface area contributed by atoms with Crippen LogP contribution >= 0.6 is 0 Å². The predicted octanol–water partition coefficient (Wildman–Crippen LogP) is 6.57. The van der Waals surface area contributed by atoms with Crippen molar-refractivity contribution >= 4 is 35.9 Å². The fraction of sp³-hybridized carbons (Fsp3) is 0.744. The lowest BCUT2D eigenvalue weighted by molar-refractivity contribution is -0.144. The molecule has 0 spiro atoms. The zero-order valence-electron chi connectivity index (χ0n) is 33.8. The zero-order valence-corrected chi connectivity index (χ0v) is 33.8. The van der Waals surface area contributed by atoms with Crippen molar-refractivity contribution in [1.82, 2.24) is 20.4 Å². The largest absolute Gasteiger partial charge is 0.460 e. The van der Waals surface area contributed by atoms with Crippen LogP contribution in [0, 0.1) is 0 Å². The van der Waals surface area contributed by atoms with Crippen LogP contribution in [0.3, 0.4) is 0 Å². The van der Waals surface area contributed by atoms with Crippen LogP contribution in [-0.2, 0) is 38.1 Å². The SMILES string of the molecule is C=C(C)C(=O)OCCN(C(=O)CCCCCCCNC(=O)OCOC(=O)NCCCCCCCC(=O)N(CCOC(=O)C(=C)C)C(C)(C)C)C(C)(C)C. The number of ether oxygens (including phenoxy) is 4. The Kier molecular flexibility index (Phi) is 24.6. The highest BCUT2D eigenvalue weighted by atomic mass is 16.7. The van der Waals surface area contributed by atoms with Crippen molar-refractivity contribution in [1.29, 1.82) is 0 Å². The molecule has 0 fully saturated rings. The Hall–Kier alpha value is -4.10. The quantitative estimate of drug-likeness (QED) is 0.0324. The molecule has 0 heterocycles. The molecule has 0 rings (SSSR count). The van der Waals surface area contributed by atoms with Crippen LogP contribution in [-0.4, -0.2) is 103 Å². The molecule has 0 radical (unpaired) electrons. The monoisotopic (exact) mass is 752 g/mol. The van der Waals surface area contributed by atoms with Crippen LogP contribution in [0.4, 0.5) is 9.59 Å². The van der Waals surface area contributed by atoms with Gasteiger partial charge in [-0.3, -0.25) is 9.59 Å². The number of esters is 2. The number of carbonyl (C=O) groups excluding carboxylic acids is 6. The molecule has 14 nitrogen and oxygen atoms in total. The molecule has 0 aromatic heterocycles. The van der Waals surface area contributed by atoms with Gasteiger partial charge in [0.05, 0.1) is 13.1 Å². The standard InChI is InChI=1S/C39H68N4O10/c1-30(2)34(46)50-27-25-42(38(5,6)7)32(44)21-17-13-11-15-19-23-40-36(48)52-29-53-37(49)41-24-20-16-12-14-18-22-33(45)43(39(8,9)10)26-28-51-35(47)31(3)4/h1,3,11-29H2,2,4-10H3,(H,40,48)(H,41,49). The summed E-state index contributed by atoms with van der Waals surface area (Å²) >= 11 is 0. The van der Waals surface area contributed by atoms with Crippen LogP contribution in [0.15, 0.2) is 24.3 Å². The Bertz CT molecular complexity index is 1100. The summed E-state index contributed by atoms with van der Waals surface area (Å²) in [6.45, 7) is 23.2. The summed E-state index contributed by atoms with van der Waals surface area (Å²) < 4.78 is 20.1. The fourth-order valence-corrected chi connectivity index (χ4v) is 5.13. The highest BCUT2D eigenvalue weighted by Crippen LogP contribution is 2.18. The zero-order chi connectivity index (χ0) is 40.5. The van der Waals surface area contributed by atoms with E-state index in [1.165, 1.54) is 0 Å². The van der Waals surface area contributed by atoms with Gasteiger partial charge in [0.25, 0.3) is 0 Å². The summed E-state index contributed by atoms with van der Waals surface area (Å²) in [5.41, 5.74) is -0.135. The number of nitrogens with one attached hydrogen (secondary N) is 2. The van der Waals surface area contributed by atoms with E-state index in [-0.39, 0.29) is 25.0 Å². The predicted molar refractivity (Wildman–Crippen MR) is 204 cm³/mol. The number of hydrogen-bond acceptors (Lipinski definition) is 10. The maximum atomic E-state index is 12.8. The maximum absolute atomic E-state index is 12.8. The van der Waals surface area contributed by atoms with Gasteiger partial charge in [-0.15, -0.1) is 0 Å². The summed E-state index contributed by atoms with van der Waals surface area (Å²) in [5.74, 6) is -0.892. The molecule has 4 amide bonds. The number of nitrogens with zero attached hydrogens (tertiary/aromatic N) is 2. The molecule has 0 aromatic carbocycles. The number of amides is 4. The second-order valence-corrected chi connectivity index (χ2v) is 15.1. The van der Waals surface area contributed by atoms with E-state index in [4.69, 9.17) is 18.9 Å². The van der Waals surface area contributed by atoms with Crippen LogP contribution in [0.25, 0.3) is 0 Å². The van der Waals surface area contributed by atoms with E-state index >= 15 is 0 Å². The van der Waals surface area contributed by atoms with Crippen molar-refractivity contribution in [2.45, 2.75) is 144 Å². The molecule has 14 heteroatoms. The molecule has 304 valence electrons. The van der Waals surface area contributed by atoms with Crippen molar-refractivity contribution < 1.29 is 47.7 Å². The van der Waals surface area contributed by atoms with Gasteiger partial charge < -0.3 is 39.4 Å². The maximum Gasteiger partial charge on any atom is 0.410 e. The van der Waals surface area contributed by atoms with E-state index < -0.39 is 42.0 Å². The van der Waals surface area contributed by atoms with Crippen molar-refractivity contribution in [3.05, 3.63) is 24.3 Å². The van der Waals surface area contributed by atoms with E-state index in [1.54, 1.807) is 23.6 Å². The van der Waals surface area contributed by atoms with Gasteiger partial charge in [-0.1, -0.05) is 51.7 Å². The van der Waals surface area contributed by atoms with E-state index in [2.05, 4.69) is 23.8 Å². The Morgan fingerprint density at radius 1 is 0.509 bits per heavy atom. The molecule has 2 N–H and O–H groups in total. The van der Waals surface area contributed by atoms with Crippen LogP contribution < -0.4 is 10.6 Å². The van der Waals surface area contributed by atoms with Crippen molar-refractivity contribution in [3.63, 3.8) is 0 Å².